The fourth-order valence-corrected chi connectivity index (χ4v) is 2.64. The maximum atomic E-state index is 12.2. The van der Waals surface area contributed by atoms with Crippen LogP contribution in [0.2, 0.25) is 0 Å². The number of carbonyl (C=O) groups is 1. The number of carbonyl (C=O) groups excluding carboxylic acids is 1. The Morgan fingerprint density at radius 2 is 1.56 bits per heavy atom. The van der Waals surface area contributed by atoms with Gasteiger partial charge < -0.3 is 5.32 Å². The van der Waals surface area contributed by atoms with Gasteiger partial charge in [-0.3, -0.25) is 15.1 Å². The van der Waals surface area contributed by atoms with Crippen LogP contribution >= 0.6 is 0 Å². The number of nitrogens with zero attached hydrogens (tertiary/aromatic N) is 1. The van der Waals surface area contributed by atoms with Gasteiger partial charge in [-0.05, 0) is 23.3 Å². The van der Waals surface area contributed by atoms with Gasteiger partial charge in [0.2, 0.25) is 5.91 Å². The normalized spacial score (nSPS) is 11.7. The van der Waals surface area contributed by atoms with Crippen molar-refractivity contribution in [1.29, 1.82) is 0 Å². The first kappa shape index (κ1) is 16.9. The van der Waals surface area contributed by atoms with Crippen molar-refractivity contribution in [2.45, 2.75) is 12.6 Å². The van der Waals surface area contributed by atoms with E-state index in [-0.39, 0.29) is 18.5 Å². The minimum Gasteiger partial charge on any atom is -0.351 e. The Balaban J connectivity index is 1.62. The average molecular weight is 331 g/mol. The molecule has 3 aromatic rings. The summed E-state index contributed by atoms with van der Waals surface area (Å²) in [7, 11) is 0. The lowest BCUT2D eigenvalue weighted by molar-refractivity contribution is -0.120. The lowest BCUT2D eigenvalue weighted by atomic mass is 10.0. The smallest absolute Gasteiger partial charge is 0.234 e. The van der Waals surface area contributed by atoms with Crippen molar-refractivity contribution in [1.82, 2.24) is 15.6 Å². The van der Waals surface area contributed by atoms with Crippen molar-refractivity contribution in [3.63, 3.8) is 0 Å². The third-order valence-electron chi connectivity index (χ3n) is 3.92. The van der Waals surface area contributed by atoms with Crippen LogP contribution < -0.4 is 10.6 Å². The first-order valence-corrected chi connectivity index (χ1v) is 8.33. The predicted molar refractivity (Wildman–Crippen MR) is 98.8 cm³/mol. The van der Waals surface area contributed by atoms with Crippen LogP contribution in [0.15, 0.2) is 85.1 Å². The maximum absolute atomic E-state index is 12.2. The first-order chi connectivity index (χ1) is 12.3. The Bertz CT molecular complexity index is 737. The van der Waals surface area contributed by atoms with Crippen LogP contribution in [0.5, 0.6) is 0 Å². The van der Waals surface area contributed by atoms with Gasteiger partial charge >= 0.3 is 0 Å². The Labute approximate surface area is 147 Å². The molecule has 0 aliphatic heterocycles. The number of amides is 1. The lowest BCUT2D eigenvalue weighted by Gasteiger charge is -2.18. The standard InChI is InChI=1S/C21H21N3O/c25-20(23-15-17-9-3-1-4-10-17)16-24-21(18-11-5-2-6-12-18)19-13-7-8-14-22-19/h1-14,21,24H,15-16H2,(H,23,25). The van der Waals surface area contributed by atoms with Gasteiger partial charge in [-0.25, -0.2) is 0 Å². The molecular weight excluding hydrogens is 310 g/mol. The molecule has 0 radical (unpaired) electrons. The van der Waals surface area contributed by atoms with Crippen molar-refractivity contribution < 1.29 is 4.79 Å². The second kappa shape index (κ2) is 8.76. The third kappa shape index (κ3) is 4.99. The topological polar surface area (TPSA) is 54.0 Å². The van der Waals surface area contributed by atoms with Gasteiger partial charge in [-0.2, -0.15) is 0 Å². The highest BCUT2D eigenvalue weighted by Crippen LogP contribution is 2.19. The van der Waals surface area contributed by atoms with E-state index in [0.717, 1.165) is 16.8 Å². The van der Waals surface area contributed by atoms with Gasteiger partial charge in [-0.15, -0.1) is 0 Å². The van der Waals surface area contributed by atoms with Crippen molar-refractivity contribution in [2.75, 3.05) is 6.54 Å². The van der Waals surface area contributed by atoms with Crippen molar-refractivity contribution in [3.05, 3.63) is 102 Å². The van der Waals surface area contributed by atoms with Crippen LogP contribution in [0, 0.1) is 0 Å². The number of nitrogens with one attached hydrogen (secondary N) is 2. The third-order valence-corrected chi connectivity index (χ3v) is 3.92. The van der Waals surface area contributed by atoms with E-state index in [4.69, 9.17) is 0 Å². The molecule has 25 heavy (non-hydrogen) atoms. The predicted octanol–water partition coefficient (Wildman–Crippen LogP) is 3.08. The van der Waals surface area contributed by atoms with E-state index in [1.165, 1.54) is 0 Å². The van der Waals surface area contributed by atoms with Gasteiger partial charge in [-0.1, -0.05) is 66.7 Å². The minimum absolute atomic E-state index is 0.0410. The molecule has 1 atom stereocenters. The highest BCUT2D eigenvalue weighted by atomic mass is 16.1. The molecule has 4 heteroatoms. The number of hydrogen-bond donors (Lipinski definition) is 2. The Morgan fingerprint density at radius 3 is 2.24 bits per heavy atom. The molecule has 0 saturated heterocycles. The quantitative estimate of drug-likeness (QED) is 0.699. The van der Waals surface area contributed by atoms with Crippen molar-refractivity contribution in [3.8, 4) is 0 Å². The highest BCUT2D eigenvalue weighted by molar-refractivity contribution is 5.78. The Kier molecular flexibility index (Phi) is 5.91. The highest BCUT2D eigenvalue weighted by Gasteiger charge is 2.15. The zero-order valence-electron chi connectivity index (χ0n) is 13.9. The molecule has 126 valence electrons. The van der Waals surface area contributed by atoms with E-state index in [0.29, 0.717) is 6.54 Å². The zero-order valence-corrected chi connectivity index (χ0v) is 13.9. The number of aromatic nitrogens is 1. The molecule has 0 fully saturated rings. The molecule has 0 spiro atoms. The van der Waals surface area contributed by atoms with Gasteiger partial charge in [0.25, 0.3) is 0 Å². The van der Waals surface area contributed by atoms with Crippen molar-refractivity contribution >= 4 is 5.91 Å². The molecule has 2 aromatic carbocycles. The summed E-state index contributed by atoms with van der Waals surface area (Å²) in [6.07, 6.45) is 1.77. The van der Waals surface area contributed by atoms with Gasteiger partial charge in [0, 0.05) is 12.7 Å². The van der Waals surface area contributed by atoms with E-state index in [1.807, 2.05) is 78.9 Å². The van der Waals surface area contributed by atoms with Crippen LogP contribution in [0.3, 0.4) is 0 Å². The molecule has 1 unspecified atom stereocenters. The summed E-state index contributed by atoms with van der Waals surface area (Å²) in [5.74, 6) is -0.0410. The summed E-state index contributed by atoms with van der Waals surface area (Å²) in [6.45, 7) is 0.754. The SMILES string of the molecule is O=C(CNC(c1ccccc1)c1ccccn1)NCc1ccccc1. The number of pyridine rings is 1. The molecule has 4 nitrogen and oxygen atoms in total. The Morgan fingerprint density at radius 1 is 0.880 bits per heavy atom. The molecule has 2 N–H and O–H groups in total. The molecule has 0 bridgehead atoms. The van der Waals surface area contributed by atoms with E-state index in [1.54, 1.807) is 6.20 Å². The van der Waals surface area contributed by atoms with Gasteiger partial charge in [0.1, 0.15) is 0 Å². The number of benzene rings is 2. The van der Waals surface area contributed by atoms with E-state index < -0.39 is 0 Å². The van der Waals surface area contributed by atoms with Gasteiger partial charge in [0.05, 0.1) is 18.3 Å². The second-order valence-corrected chi connectivity index (χ2v) is 5.74. The largest absolute Gasteiger partial charge is 0.351 e. The monoisotopic (exact) mass is 331 g/mol. The minimum atomic E-state index is -0.120. The molecular formula is C21H21N3O. The molecule has 1 amide bonds. The average Bonchev–Trinajstić information content (AvgIpc) is 2.69. The summed E-state index contributed by atoms with van der Waals surface area (Å²) in [6, 6.07) is 25.6. The summed E-state index contributed by atoms with van der Waals surface area (Å²) in [5, 5.41) is 6.25. The fraction of sp³-hybridized carbons (Fsp3) is 0.143. The van der Waals surface area contributed by atoms with E-state index in [2.05, 4.69) is 15.6 Å². The van der Waals surface area contributed by atoms with Crippen molar-refractivity contribution in [2.24, 2.45) is 0 Å². The molecule has 3 rings (SSSR count). The van der Waals surface area contributed by atoms with E-state index >= 15 is 0 Å². The summed E-state index contributed by atoms with van der Waals surface area (Å²) < 4.78 is 0. The summed E-state index contributed by atoms with van der Waals surface area (Å²) >= 11 is 0. The van der Waals surface area contributed by atoms with E-state index in [9.17, 15) is 4.79 Å². The summed E-state index contributed by atoms with van der Waals surface area (Å²) in [5.41, 5.74) is 3.06. The maximum Gasteiger partial charge on any atom is 0.234 e. The summed E-state index contributed by atoms with van der Waals surface area (Å²) in [4.78, 5) is 16.6. The lowest BCUT2D eigenvalue weighted by Crippen LogP contribution is -2.36. The fourth-order valence-electron chi connectivity index (χ4n) is 2.64. The molecule has 0 aliphatic carbocycles. The van der Waals surface area contributed by atoms with Crippen LogP contribution in [-0.2, 0) is 11.3 Å². The first-order valence-electron chi connectivity index (χ1n) is 8.33. The molecule has 0 aliphatic rings. The second-order valence-electron chi connectivity index (χ2n) is 5.74. The molecule has 1 heterocycles. The molecule has 1 aromatic heterocycles. The van der Waals surface area contributed by atoms with Crippen LogP contribution in [-0.4, -0.2) is 17.4 Å². The zero-order chi connectivity index (χ0) is 17.3. The number of rotatable bonds is 7. The van der Waals surface area contributed by atoms with Crippen LogP contribution in [0.25, 0.3) is 0 Å². The Hall–Kier alpha value is -2.98. The number of hydrogen-bond acceptors (Lipinski definition) is 3. The van der Waals surface area contributed by atoms with Crippen LogP contribution in [0.1, 0.15) is 22.9 Å². The van der Waals surface area contributed by atoms with Gasteiger partial charge in [0.15, 0.2) is 0 Å². The van der Waals surface area contributed by atoms with Crippen LogP contribution in [0.4, 0.5) is 0 Å². The molecule has 0 saturated carbocycles.